The van der Waals surface area contributed by atoms with Crippen molar-refractivity contribution < 1.29 is 0 Å². The molecule has 0 aliphatic rings. The van der Waals surface area contributed by atoms with Gasteiger partial charge in [0.2, 0.25) is 0 Å². The quantitative estimate of drug-likeness (QED) is 0.796. The molecule has 0 saturated carbocycles. The Hall–Kier alpha value is -0.330. The maximum atomic E-state index is 4.13. The summed E-state index contributed by atoms with van der Waals surface area (Å²) < 4.78 is 4.86. The van der Waals surface area contributed by atoms with Gasteiger partial charge in [-0.25, -0.2) is 0 Å². The SMILES string of the molecule is Cn1cc(CNc2c(Br)cc(Br)cc2Br)cn1. The molecule has 17 heavy (non-hydrogen) atoms. The summed E-state index contributed by atoms with van der Waals surface area (Å²) in [5.41, 5.74) is 2.19. The van der Waals surface area contributed by atoms with Crippen LogP contribution in [0.3, 0.4) is 0 Å². The van der Waals surface area contributed by atoms with Crippen molar-refractivity contribution in [2.24, 2.45) is 7.05 Å². The van der Waals surface area contributed by atoms with Crippen LogP contribution in [0.2, 0.25) is 0 Å². The van der Waals surface area contributed by atoms with Crippen LogP contribution >= 0.6 is 47.8 Å². The van der Waals surface area contributed by atoms with Crippen molar-refractivity contribution in [2.45, 2.75) is 6.54 Å². The fourth-order valence-electron chi connectivity index (χ4n) is 1.46. The highest BCUT2D eigenvalue weighted by Gasteiger charge is 2.06. The van der Waals surface area contributed by atoms with Crippen molar-refractivity contribution in [3.8, 4) is 0 Å². The molecule has 0 bridgehead atoms. The Morgan fingerprint density at radius 3 is 2.41 bits per heavy atom. The Morgan fingerprint density at radius 1 is 1.24 bits per heavy atom. The summed E-state index contributed by atoms with van der Waals surface area (Å²) >= 11 is 10.5. The van der Waals surface area contributed by atoms with E-state index in [1.165, 1.54) is 0 Å². The lowest BCUT2D eigenvalue weighted by Gasteiger charge is -2.10. The van der Waals surface area contributed by atoms with Gasteiger partial charge in [-0.1, -0.05) is 15.9 Å². The first kappa shape index (κ1) is 13.1. The maximum Gasteiger partial charge on any atom is 0.0632 e. The van der Waals surface area contributed by atoms with E-state index in [2.05, 4.69) is 58.2 Å². The van der Waals surface area contributed by atoms with Crippen molar-refractivity contribution in [1.29, 1.82) is 0 Å². The lowest BCUT2D eigenvalue weighted by atomic mass is 10.3. The summed E-state index contributed by atoms with van der Waals surface area (Å²) in [4.78, 5) is 0. The Labute approximate surface area is 125 Å². The average molecular weight is 424 g/mol. The first-order valence-electron chi connectivity index (χ1n) is 4.92. The molecule has 6 heteroatoms. The molecule has 90 valence electrons. The van der Waals surface area contributed by atoms with Crippen LogP contribution in [0, 0.1) is 0 Å². The van der Waals surface area contributed by atoms with Gasteiger partial charge in [-0.2, -0.15) is 5.10 Å². The number of anilines is 1. The first-order valence-corrected chi connectivity index (χ1v) is 7.30. The van der Waals surface area contributed by atoms with Crippen LogP contribution in [0.15, 0.2) is 37.9 Å². The molecule has 0 aliphatic carbocycles. The van der Waals surface area contributed by atoms with Gasteiger partial charge in [-0.05, 0) is 44.0 Å². The third kappa shape index (κ3) is 3.33. The van der Waals surface area contributed by atoms with Crippen molar-refractivity contribution >= 4 is 53.5 Å². The number of rotatable bonds is 3. The van der Waals surface area contributed by atoms with E-state index < -0.39 is 0 Å². The van der Waals surface area contributed by atoms with Gasteiger partial charge in [0.05, 0.1) is 11.9 Å². The Bertz CT molecular complexity index is 514. The third-order valence-corrected chi connectivity index (χ3v) is 3.94. The van der Waals surface area contributed by atoms with Crippen molar-refractivity contribution in [1.82, 2.24) is 9.78 Å². The number of benzene rings is 1. The number of aromatic nitrogens is 2. The summed E-state index contributed by atoms with van der Waals surface area (Å²) in [5.74, 6) is 0. The molecule has 3 nitrogen and oxygen atoms in total. The minimum Gasteiger partial charge on any atom is -0.379 e. The van der Waals surface area contributed by atoms with Crippen molar-refractivity contribution in [3.05, 3.63) is 43.5 Å². The fraction of sp³-hybridized carbons (Fsp3) is 0.182. The second kappa shape index (κ2) is 5.54. The molecule has 0 atom stereocenters. The maximum absolute atomic E-state index is 4.13. The number of halogens is 3. The van der Waals surface area contributed by atoms with Gasteiger partial charge in [0.15, 0.2) is 0 Å². The molecular formula is C11H10Br3N3. The highest BCUT2D eigenvalue weighted by molar-refractivity contribution is 9.11. The van der Waals surface area contributed by atoms with Gasteiger partial charge in [0.1, 0.15) is 0 Å². The molecule has 1 heterocycles. The fourth-order valence-corrected chi connectivity index (χ4v) is 4.00. The zero-order valence-electron chi connectivity index (χ0n) is 9.04. The molecule has 0 amide bonds. The van der Waals surface area contributed by atoms with Crippen LogP contribution in [0.4, 0.5) is 5.69 Å². The summed E-state index contributed by atoms with van der Waals surface area (Å²) in [5, 5.41) is 7.50. The normalized spacial score (nSPS) is 10.6. The van der Waals surface area contributed by atoms with Gasteiger partial charge < -0.3 is 5.32 Å². The zero-order chi connectivity index (χ0) is 12.4. The van der Waals surface area contributed by atoms with Crippen LogP contribution in [-0.4, -0.2) is 9.78 Å². The standard InChI is InChI=1S/C11H10Br3N3/c1-17-6-7(5-16-17)4-15-11-9(13)2-8(12)3-10(11)14/h2-3,5-6,15H,4H2,1H3. The summed E-state index contributed by atoms with van der Waals surface area (Å²) in [7, 11) is 1.91. The number of hydrogen-bond acceptors (Lipinski definition) is 2. The average Bonchev–Trinajstić information content (AvgIpc) is 2.62. The van der Waals surface area contributed by atoms with Gasteiger partial charge in [-0.15, -0.1) is 0 Å². The molecule has 0 aliphatic heterocycles. The number of nitrogens with one attached hydrogen (secondary N) is 1. The van der Waals surface area contributed by atoms with Crippen LogP contribution in [0.5, 0.6) is 0 Å². The first-order chi connectivity index (χ1) is 8.06. The molecule has 0 spiro atoms. The molecule has 1 N–H and O–H groups in total. The van der Waals surface area contributed by atoms with E-state index in [1.807, 2.05) is 31.6 Å². The van der Waals surface area contributed by atoms with Crippen LogP contribution in [-0.2, 0) is 13.6 Å². The smallest absolute Gasteiger partial charge is 0.0632 e. The van der Waals surface area contributed by atoms with Crippen LogP contribution < -0.4 is 5.32 Å². The third-order valence-electron chi connectivity index (χ3n) is 2.23. The predicted molar refractivity (Wildman–Crippen MR) is 80.1 cm³/mol. The summed E-state index contributed by atoms with van der Waals surface area (Å²) in [6.07, 6.45) is 3.85. The van der Waals surface area contributed by atoms with E-state index >= 15 is 0 Å². The molecule has 1 aromatic heterocycles. The molecule has 2 aromatic rings. The monoisotopic (exact) mass is 421 g/mol. The zero-order valence-corrected chi connectivity index (χ0v) is 13.8. The molecule has 0 unspecified atom stereocenters. The number of nitrogens with zero attached hydrogens (tertiary/aromatic N) is 2. The second-order valence-corrected chi connectivity index (χ2v) is 6.24. The molecule has 0 fully saturated rings. The van der Waals surface area contributed by atoms with E-state index in [0.717, 1.165) is 31.2 Å². The van der Waals surface area contributed by atoms with Crippen LogP contribution in [0.1, 0.15) is 5.56 Å². The van der Waals surface area contributed by atoms with E-state index in [9.17, 15) is 0 Å². The molecule has 2 rings (SSSR count). The molecular weight excluding hydrogens is 414 g/mol. The highest BCUT2D eigenvalue weighted by atomic mass is 79.9. The lowest BCUT2D eigenvalue weighted by molar-refractivity contribution is 0.767. The summed E-state index contributed by atoms with van der Waals surface area (Å²) in [6, 6.07) is 4.02. The van der Waals surface area contributed by atoms with Gasteiger partial charge in [0, 0.05) is 38.8 Å². The second-order valence-electron chi connectivity index (χ2n) is 3.62. The largest absolute Gasteiger partial charge is 0.379 e. The minimum absolute atomic E-state index is 0.743. The van der Waals surface area contributed by atoms with E-state index in [4.69, 9.17) is 0 Å². The van der Waals surface area contributed by atoms with Crippen molar-refractivity contribution in [3.63, 3.8) is 0 Å². The minimum atomic E-state index is 0.743. The topological polar surface area (TPSA) is 29.9 Å². The predicted octanol–water partition coefficient (Wildman–Crippen LogP) is 4.32. The number of hydrogen-bond donors (Lipinski definition) is 1. The van der Waals surface area contributed by atoms with E-state index in [1.54, 1.807) is 4.68 Å². The highest BCUT2D eigenvalue weighted by Crippen LogP contribution is 2.34. The number of aryl methyl sites for hydroxylation is 1. The Balaban J connectivity index is 2.14. The molecule has 0 saturated heterocycles. The molecule has 1 aromatic carbocycles. The lowest BCUT2D eigenvalue weighted by Crippen LogP contribution is -2.00. The van der Waals surface area contributed by atoms with Gasteiger partial charge >= 0.3 is 0 Å². The Kier molecular flexibility index (Phi) is 4.27. The van der Waals surface area contributed by atoms with Crippen molar-refractivity contribution in [2.75, 3.05) is 5.32 Å². The summed E-state index contributed by atoms with van der Waals surface area (Å²) in [6.45, 7) is 0.743. The van der Waals surface area contributed by atoms with E-state index in [0.29, 0.717) is 0 Å². The van der Waals surface area contributed by atoms with E-state index in [-0.39, 0.29) is 0 Å². The van der Waals surface area contributed by atoms with Gasteiger partial charge in [0.25, 0.3) is 0 Å². The molecule has 0 radical (unpaired) electrons. The Morgan fingerprint density at radius 2 is 1.88 bits per heavy atom. The van der Waals surface area contributed by atoms with Crippen LogP contribution in [0.25, 0.3) is 0 Å². The van der Waals surface area contributed by atoms with Gasteiger partial charge in [-0.3, -0.25) is 4.68 Å².